The number of esters is 1. The van der Waals surface area contributed by atoms with Gasteiger partial charge in [0.05, 0.1) is 14.7 Å². The van der Waals surface area contributed by atoms with Gasteiger partial charge in [-0.2, -0.15) is 0 Å². The number of benzene rings is 1. The van der Waals surface area contributed by atoms with E-state index in [4.69, 9.17) is 4.74 Å². The van der Waals surface area contributed by atoms with Crippen molar-refractivity contribution < 1.29 is 9.53 Å². The summed E-state index contributed by atoms with van der Waals surface area (Å²) in [6.45, 7) is 10.4. The molecule has 134 valence electrons. The minimum atomic E-state index is -1.53. The van der Waals surface area contributed by atoms with Crippen LogP contribution in [0.25, 0.3) is 0 Å². The summed E-state index contributed by atoms with van der Waals surface area (Å²) in [5, 5.41) is 1.58. The summed E-state index contributed by atoms with van der Waals surface area (Å²) < 4.78 is 5.33. The van der Waals surface area contributed by atoms with Crippen LogP contribution in [0.4, 0.5) is 0 Å². The summed E-state index contributed by atoms with van der Waals surface area (Å²) in [4.78, 5) is 11.6. The maximum Gasteiger partial charge on any atom is 0.333 e. The molecule has 0 unspecified atom stereocenters. The molecule has 1 rings (SSSR count). The van der Waals surface area contributed by atoms with Crippen molar-refractivity contribution in [3.05, 3.63) is 42.5 Å². The Balaban J connectivity index is 2.81. The van der Waals surface area contributed by atoms with Crippen molar-refractivity contribution in [1.82, 2.24) is 0 Å². The number of hydrogen-bond acceptors (Lipinski definition) is 2. The standard InChI is InChI=1S/C21H34O2Si/c1-5-7-16-24(17-8-6-2,20-13-10-9-11-14-20)18-12-15-23-21(22)19(3)4/h9-11,13-14H,3,5-8,12,15-18H2,1-2,4H3. The summed E-state index contributed by atoms with van der Waals surface area (Å²) in [5.74, 6) is -0.260. The van der Waals surface area contributed by atoms with Crippen LogP contribution in [0.5, 0.6) is 0 Å². The van der Waals surface area contributed by atoms with E-state index >= 15 is 0 Å². The van der Waals surface area contributed by atoms with Gasteiger partial charge in [0.2, 0.25) is 0 Å². The number of carbonyl (C=O) groups excluding carboxylic acids is 1. The maximum atomic E-state index is 11.6. The van der Waals surface area contributed by atoms with Crippen LogP contribution in [0.2, 0.25) is 18.1 Å². The monoisotopic (exact) mass is 346 g/mol. The minimum Gasteiger partial charge on any atom is -0.462 e. The fraction of sp³-hybridized carbons (Fsp3) is 0.571. The van der Waals surface area contributed by atoms with E-state index in [1.165, 1.54) is 43.8 Å². The fourth-order valence-corrected chi connectivity index (χ4v) is 8.73. The molecule has 0 aliphatic heterocycles. The normalized spacial score (nSPS) is 11.3. The van der Waals surface area contributed by atoms with Gasteiger partial charge >= 0.3 is 5.97 Å². The van der Waals surface area contributed by atoms with Crippen LogP contribution < -0.4 is 5.19 Å². The molecule has 3 heteroatoms. The Labute approximate surface area is 149 Å². The first-order valence-corrected chi connectivity index (χ1v) is 12.1. The molecule has 0 amide bonds. The highest BCUT2D eigenvalue weighted by atomic mass is 28.3. The van der Waals surface area contributed by atoms with Crippen LogP contribution in [-0.4, -0.2) is 20.7 Å². The topological polar surface area (TPSA) is 26.3 Å². The number of ether oxygens (including phenoxy) is 1. The highest BCUT2D eigenvalue weighted by Crippen LogP contribution is 2.27. The fourth-order valence-electron chi connectivity index (χ4n) is 3.33. The Hall–Kier alpha value is -1.35. The van der Waals surface area contributed by atoms with E-state index < -0.39 is 8.07 Å². The third kappa shape index (κ3) is 6.64. The Bertz CT molecular complexity index is 488. The van der Waals surface area contributed by atoms with Gasteiger partial charge in [-0.15, -0.1) is 0 Å². The Morgan fingerprint density at radius 1 is 1.00 bits per heavy atom. The molecule has 0 atom stereocenters. The molecule has 1 aromatic carbocycles. The van der Waals surface area contributed by atoms with Crippen molar-refractivity contribution in [3.8, 4) is 0 Å². The van der Waals surface area contributed by atoms with Crippen molar-refractivity contribution in [1.29, 1.82) is 0 Å². The van der Waals surface area contributed by atoms with Gasteiger partial charge in [0.15, 0.2) is 0 Å². The minimum absolute atomic E-state index is 0.260. The van der Waals surface area contributed by atoms with Gasteiger partial charge in [0, 0.05) is 5.57 Å². The smallest absolute Gasteiger partial charge is 0.333 e. The zero-order valence-electron chi connectivity index (χ0n) is 15.8. The van der Waals surface area contributed by atoms with Crippen molar-refractivity contribution in [3.63, 3.8) is 0 Å². The number of hydrogen-bond donors (Lipinski definition) is 0. The molecule has 1 aromatic rings. The molecule has 2 nitrogen and oxygen atoms in total. The van der Waals surface area contributed by atoms with Crippen molar-refractivity contribution in [2.45, 2.75) is 71.0 Å². The molecule has 24 heavy (non-hydrogen) atoms. The SMILES string of the molecule is C=C(C)C(=O)OCCC[Si](CCCC)(CCCC)c1ccccc1. The summed E-state index contributed by atoms with van der Waals surface area (Å²) in [5.41, 5.74) is 0.485. The van der Waals surface area contributed by atoms with Crippen molar-refractivity contribution in [2.24, 2.45) is 0 Å². The molecule has 0 saturated carbocycles. The van der Waals surface area contributed by atoms with Crippen LogP contribution in [0.3, 0.4) is 0 Å². The number of carbonyl (C=O) groups is 1. The average Bonchev–Trinajstić information content (AvgIpc) is 2.61. The lowest BCUT2D eigenvalue weighted by molar-refractivity contribution is -0.138. The van der Waals surface area contributed by atoms with Gasteiger partial charge < -0.3 is 4.74 Å². The van der Waals surface area contributed by atoms with Crippen LogP contribution in [0.15, 0.2) is 42.5 Å². The summed E-state index contributed by atoms with van der Waals surface area (Å²) in [6.07, 6.45) is 6.07. The average molecular weight is 347 g/mol. The largest absolute Gasteiger partial charge is 0.462 e. The molecule has 0 radical (unpaired) electrons. The molecule has 0 saturated heterocycles. The molecule has 0 aliphatic carbocycles. The first-order valence-electron chi connectivity index (χ1n) is 9.44. The highest BCUT2D eigenvalue weighted by Gasteiger charge is 2.33. The van der Waals surface area contributed by atoms with Crippen LogP contribution >= 0.6 is 0 Å². The summed E-state index contributed by atoms with van der Waals surface area (Å²) in [7, 11) is -1.53. The quantitative estimate of drug-likeness (QED) is 0.218. The lowest BCUT2D eigenvalue weighted by Gasteiger charge is -2.33. The van der Waals surface area contributed by atoms with Gasteiger partial charge in [-0.3, -0.25) is 0 Å². The van der Waals surface area contributed by atoms with Gasteiger partial charge in [-0.25, -0.2) is 4.79 Å². The lowest BCUT2D eigenvalue weighted by atomic mass is 10.4. The second-order valence-corrected chi connectivity index (χ2v) is 11.5. The van der Waals surface area contributed by atoms with Gasteiger partial charge in [0.1, 0.15) is 0 Å². The Morgan fingerprint density at radius 3 is 2.04 bits per heavy atom. The molecular formula is C21H34O2Si. The van der Waals surface area contributed by atoms with Gasteiger partial charge in [-0.05, 0) is 19.4 Å². The van der Waals surface area contributed by atoms with E-state index in [1.807, 2.05) is 0 Å². The van der Waals surface area contributed by atoms with E-state index in [0.29, 0.717) is 12.2 Å². The van der Waals surface area contributed by atoms with Crippen LogP contribution in [0.1, 0.15) is 52.9 Å². The number of rotatable bonds is 12. The Morgan fingerprint density at radius 2 is 1.54 bits per heavy atom. The van der Waals surface area contributed by atoms with E-state index in [2.05, 4.69) is 50.8 Å². The summed E-state index contributed by atoms with van der Waals surface area (Å²) in [6, 6.07) is 15.0. The second kappa shape index (κ2) is 11.2. The molecule has 0 N–H and O–H groups in total. The summed E-state index contributed by atoms with van der Waals surface area (Å²) >= 11 is 0. The van der Waals surface area contributed by atoms with Gasteiger partial charge in [-0.1, -0.05) is 93.7 Å². The first kappa shape index (κ1) is 20.7. The van der Waals surface area contributed by atoms with E-state index in [-0.39, 0.29) is 5.97 Å². The predicted octanol–water partition coefficient (Wildman–Crippen LogP) is 5.45. The highest BCUT2D eigenvalue weighted by molar-refractivity contribution is 6.91. The van der Waals surface area contributed by atoms with Crippen LogP contribution in [-0.2, 0) is 9.53 Å². The molecular weight excluding hydrogens is 312 g/mol. The first-order chi connectivity index (χ1) is 11.6. The molecule has 0 heterocycles. The molecule has 0 fully saturated rings. The van der Waals surface area contributed by atoms with E-state index in [1.54, 1.807) is 12.1 Å². The maximum absolute atomic E-state index is 11.6. The van der Waals surface area contributed by atoms with Gasteiger partial charge in [0.25, 0.3) is 0 Å². The zero-order chi connectivity index (χ0) is 17.8. The van der Waals surface area contributed by atoms with Crippen LogP contribution in [0, 0.1) is 0 Å². The van der Waals surface area contributed by atoms with E-state index in [9.17, 15) is 4.79 Å². The number of unbranched alkanes of at least 4 members (excludes halogenated alkanes) is 2. The lowest BCUT2D eigenvalue weighted by Crippen LogP contribution is -2.47. The molecule has 0 spiro atoms. The third-order valence-corrected chi connectivity index (χ3v) is 10.3. The van der Waals surface area contributed by atoms with E-state index in [0.717, 1.165) is 6.42 Å². The van der Waals surface area contributed by atoms with Crippen molar-refractivity contribution >= 4 is 19.2 Å². The predicted molar refractivity (Wildman–Crippen MR) is 106 cm³/mol. The Kier molecular flexibility index (Phi) is 9.69. The third-order valence-electron chi connectivity index (χ3n) is 4.79. The molecule has 0 bridgehead atoms. The molecule has 0 aromatic heterocycles. The zero-order valence-corrected chi connectivity index (χ0v) is 16.8. The second-order valence-electron chi connectivity index (χ2n) is 6.87. The molecule has 0 aliphatic rings. The van der Waals surface area contributed by atoms with Crippen molar-refractivity contribution in [2.75, 3.05) is 6.61 Å².